The number of phenolic OH excluding ortho intramolecular Hbond substituents is 1. The number of allylic oxidation sites excluding steroid dienone is 1. The summed E-state index contributed by atoms with van der Waals surface area (Å²) in [5, 5.41) is 10.6. The number of ketones is 1. The Labute approximate surface area is 180 Å². The Morgan fingerprint density at radius 2 is 1.19 bits per heavy atom. The molecule has 2 aromatic rings. The van der Waals surface area contributed by atoms with Crippen molar-refractivity contribution in [2.45, 2.75) is 0 Å². The number of carbonyl (C=O) groups is 1. The maximum atomic E-state index is 13.0. The van der Waals surface area contributed by atoms with Crippen LogP contribution in [0.4, 0.5) is 0 Å². The highest BCUT2D eigenvalue weighted by molar-refractivity contribution is 6.10. The number of rotatable bonds is 10. The number of benzene rings is 2. The number of phenols is 1. The predicted octanol–water partition coefficient (Wildman–Crippen LogP) is 3.35. The molecule has 0 atom stereocenters. The number of carbonyl (C=O) groups excluding carboxylic acids is 1. The first-order chi connectivity index (χ1) is 14.9. The molecule has 0 amide bonds. The molecule has 1 N–H and O–H groups in total. The van der Waals surface area contributed by atoms with Gasteiger partial charge in [-0.2, -0.15) is 0 Å². The highest BCUT2D eigenvalue weighted by Gasteiger charge is 2.25. The third kappa shape index (κ3) is 4.40. The van der Waals surface area contributed by atoms with Crippen LogP contribution in [0.2, 0.25) is 0 Å². The molecule has 0 radical (unpaired) electrons. The van der Waals surface area contributed by atoms with Crippen LogP contribution >= 0.6 is 0 Å². The third-order valence-electron chi connectivity index (χ3n) is 4.52. The summed E-state index contributed by atoms with van der Waals surface area (Å²) in [6.07, 6.45) is 2.66. The summed E-state index contributed by atoms with van der Waals surface area (Å²) < 4.78 is 37.1. The van der Waals surface area contributed by atoms with E-state index in [9.17, 15) is 9.90 Å². The van der Waals surface area contributed by atoms with Gasteiger partial charge in [-0.05, 0) is 18.2 Å². The fourth-order valence-corrected chi connectivity index (χ4v) is 3.06. The summed E-state index contributed by atoms with van der Waals surface area (Å²) in [7, 11) is 10.00. The van der Waals surface area contributed by atoms with Gasteiger partial charge >= 0.3 is 0 Å². The van der Waals surface area contributed by atoms with Gasteiger partial charge in [-0.25, -0.2) is 0 Å². The first kappa shape index (κ1) is 23.5. The molecule has 0 spiro atoms. The Bertz CT molecular complexity index is 980. The Kier molecular flexibility index (Phi) is 7.84. The molecule has 2 aromatic carbocycles. The monoisotopic (exact) mass is 434 g/mol. The summed E-state index contributed by atoms with van der Waals surface area (Å²) in [6.45, 7) is 0. The van der Waals surface area contributed by atoms with Crippen LogP contribution in [-0.4, -0.2) is 60.7 Å². The lowest BCUT2D eigenvalue weighted by atomic mass is 10.0. The van der Waals surface area contributed by atoms with Crippen LogP contribution in [0.15, 0.2) is 18.2 Å². The van der Waals surface area contributed by atoms with Crippen LogP contribution in [-0.2, 0) is 0 Å². The van der Waals surface area contributed by atoms with E-state index in [-0.39, 0.29) is 45.6 Å². The van der Waals surface area contributed by atoms with E-state index in [4.69, 9.17) is 33.2 Å². The molecular formula is C22H26O9. The molecule has 0 aromatic heterocycles. The van der Waals surface area contributed by atoms with E-state index in [1.54, 1.807) is 6.07 Å². The van der Waals surface area contributed by atoms with Crippen LogP contribution in [0.1, 0.15) is 15.9 Å². The molecule has 0 aliphatic heterocycles. The van der Waals surface area contributed by atoms with Gasteiger partial charge in [-0.3, -0.25) is 4.79 Å². The van der Waals surface area contributed by atoms with Gasteiger partial charge in [-0.1, -0.05) is 0 Å². The second kappa shape index (κ2) is 10.3. The number of hydrogen-bond acceptors (Lipinski definition) is 9. The molecule has 0 aliphatic rings. The van der Waals surface area contributed by atoms with Crippen molar-refractivity contribution in [1.29, 1.82) is 0 Å². The van der Waals surface area contributed by atoms with Crippen molar-refractivity contribution in [2.75, 3.05) is 49.8 Å². The first-order valence-corrected chi connectivity index (χ1v) is 9.03. The van der Waals surface area contributed by atoms with Crippen molar-refractivity contribution in [3.63, 3.8) is 0 Å². The molecule has 0 fully saturated rings. The molecule has 31 heavy (non-hydrogen) atoms. The normalized spacial score (nSPS) is 10.5. The molecule has 9 nitrogen and oxygen atoms in total. The zero-order valence-corrected chi connectivity index (χ0v) is 18.5. The van der Waals surface area contributed by atoms with Crippen molar-refractivity contribution in [3.8, 4) is 46.0 Å². The molecular weight excluding hydrogens is 408 g/mol. The topological polar surface area (TPSA) is 102 Å². The molecule has 0 saturated carbocycles. The van der Waals surface area contributed by atoms with Crippen molar-refractivity contribution < 1.29 is 43.1 Å². The minimum Gasteiger partial charge on any atom is -0.504 e. The van der Waals surface area contributed by atoms with Crippen molar-refractivity contribution in [2.24, 2.45) is 0 Å². The third-order valence-corrected chi connectivity index (χ3v) is 4.52. The Morgan fingerprint density at radius 1 is 0.677 bits per heavy atom. The number of ether oxygens (including phenoxy) is 7. The van der Waals surface area contributed by atoms with Crippen molar-refractivity contribution >= 4 is 11.9 Å². The lowest BCUT2D eigenvalue weighted by Crippen LogP contribution is -2.05. The van der Waals surface area contributed by atoms with Crippen LogP contribution < -0.4 is 33.2 Å². The average molecular weight is 434 g/mol. The second-order valence-corrected chi connectivity index (χ2v) is 6.00. The maximum absolute atomic E-state index is 13.0. The smallest absolute Gasteiger partial charge is 0.208 e. The van der Waals surface area contributed by atoms with E-state index in [0.717, 1.165) is 0 Å². The molecule has 0 bridgehead atoms. The van der Waals surface area contributed by atoms with E-state index in [1.807, 2.05) is 0 Å². The van der Waals surface area contributed by atoms with Gasteiger partial charge in [0.1, 0.15) is 5.75 Å². The van der Waals surface area contributed by atoms with Gasteiger partial charge in [0.15, 0.2) is 28.8 Å². The molecule has 0 aliphatic carbocycles. The molecule has 0 unspecified atom stereocenters. The Balaban J connectivity index is 2.60. The highest BCUT2D eigenvalue weighted by atomic mass is 16.5. The quantitative estimate of drug-likeness (QED) is 0.445. The van der Waals surface area contributed by atoms with Gasteiger partial charge in [0.05, 0.1) is 60.9 Å². The first-order valence-electron chi connectivity index (χ1n) is 9.03. The summed E-state index contributed by atoms with van der Waals surface area (Å²) in [5.41, 5.74) is 0.409. The van der Waals surface area contributed by atoms with E-state index < -0.39 is 5.78 Å². The zero-order valence-electron chi connectivity index (χ0n) is 18.5. The number of methoxy groups -OCH3 is 7. The summed E-state index contributed by atoms with van der Waals surface area (Å²) in [4.78, 5) is 13.0. The lowest BCUT2D eigenvalue weighted by Gasteiger charge is -2.17. The van der Waals surface area contributed by atoms with Gasteiger partial charge in [0.2, 0.25) is 17.2 Å². The lowest BCUT2D eigenvalue weighted by molar-refractivity contribution is 0.104. The molecule has 9 heteroatoms. The summed E-state index contributed by atoms with van der Waals surface area (Å²) in [6, 6.07) is 3.03. The highest BCUT2D eigenvalue weighted by Crippen LogP contribution is 2.47. The molecule has 0 heterocycles. The van der Waals surface area contributed by atoms with Gasteiger partial charge < -0.3 is 38.3 Å². The summed E-state index contributed by atoms with van der Waals surface area (Å²) >= 11 is 0. The minimum absolute atomic E-state index is 0.112. The fraction of sp³-hybridized carbons (Fsp3) is 0.318. The standard InChI is InChI=1S/C22H26O9/c1-25-15-11-17(27-3)20(29-5)18(24)12(15)8-9-14(23)13-10-16(26-2)21(30-6)22(31-7)19(13)28-4/h8-11,24H,1-7H3. The van der Waals surface area contributed by atoms with Crippen LogP contribution in [0.3, 0.4) is 0 Å². The Morgan fingerprint density at radius 3 is 1.68 bits per heavy atom. The summed E-state index contributed by atoms with van der Waals surface area (Å²) in [5.74, 6) is 0.992. The van der Waals surface area contributed by atoms with E-state index in [0.29, 0.717) is 11.5 Å². The van der Waals surface area contributed by atoms with Gasteiger partial charge in [0, 0.05) is 6.07 Å². The van der Waals surface area contributed by atoms with E-state index in [1.165, 1.54) is 68.0 Å². The molecule has 168 valence electrons. The van der Waals surface area contributed by atoms with E-state index >= 15 is 0 Å². The van der Waals surface area contributed by atoms with E-state index in [2.05, 4.69) is 0 Å². The number of aromatic hydroxyl groups is 1. The minimum atomic E-state index is -0.438. The molecule has 2 rings (SSSR count). The average Bonchev–Trinajstić information content (AvgIpc) is 2.80. The largest absolute Gasteiger partial charge is 0.504 e. The van der Waals surface area contributed by atoms with Crippen LogP contribution in [0, 0.1) is 0 Å². The number of hydrogen-bond donors (Lipinski definition) is 1. The van der Waals surface area contributed by atoms with Crippen LogP contribution in [0.5, 0.6) is 46.0 Å². The van der Waals surface area contributed by atoms with Gasteiger partial charge in [0.25, 0.3) is 0 Å². The van der Waals surface area contributed by atoms with Crippen molar-refractivity contribution in [1.82, 2.24) is 0 Å². The predicted molar refractivity (Wildman–Crippen MR) is 114 cm³/mol. The zero-order chi connectivity index (χ0) is 23.1. The maximum Gasteiger partial charge on any atom is 0.208 e. The fourth-order valence-electron chi connectivity index (χ4n) is 3.06. The van der Waals surface area contributed by atoms with Crippen molar-refractivity contribution in [3.05, 3.63) is 29.3 Å². The second-order valence-electron chi connectivity index (χ2n) is 6.00. The van der Waals surface area contributed by atoms with Gasteiger partial charge in [-0.15, -0.1) is 0 Å². The SMILES string of the molecule is COc1cc(OC)c(OC)c(O)c1C=CC(=O)c1cc(OC)c(OC)c(OC)c1OC. The molecule has 0 saturated heterocycles. The Hall–Kier alpha value is -3.75. The van der Waals surface area contributed by atoms with Crippen LogP contribution in [0.25, 0.3) is 6.08 Å².